The molecule has 4 heterocycles. The molecule has 4 aromatic heterocycles. The molecule has 0 saturated heterocycles. The summed E-state index contributed by atoms with van der Waals surface area (Å²) >= 11 is 2.80. The number of rotatable bonds is 4. The highest BCUT2D eigenvalue weighted by Crippen LogP contribution is 2.31. The van der Waals surface area contributed by atoms with Gasteiger partial charge in [0.25, 0.3) is 5.91 Å². The Morgan fingerprint density at radius 1 is 1.18 bits per heavy atom. The fourth-order valence-electron chi connectivity index (χ4n) is 2.94. The van der Waals surface area contributed by atoms with E-state index in [9.17, 15) is 4.79 Å². The first-order valence-corrected chi connectivity index (χ1v) is 10.2. The first-order chi connectivity index (χ1) is 13.7. The highest BCUT2D eigenvalue weighted by Gasteiger charge is 2.16. The van der Waals surface area contributed by atoms with Crippen LogP contribution in [0.3, 0.4) is 0 Å². The summed E-state index contributed by atoms with van der Waals surface area (Å²) in [5, 5.41) is 13.1. The van der Waals surface area contributed by atoms with Crippen LogP contribution in [0.4, 0.5) is 5.13 Å². The summed E-state index contributed by atoms with van der Waals surface area (Å²) in [6, 6.07) is 8.06. The van der Waals surface area contributed by atoms with Crippen LogP contribution in [0.1, 0.15) is 10.5 Å². The quantitative estimate of drug-likeness (QED) is 0.463. The Morgan fingerprint density at radius 3 is 2.93 bits per heavy atom. The van der Waals surface area contributed by atoms with Crippen molar-refractivity contribution < 1.29 is 4.79 Å². The number of H-pyrrole nitrogens is 1. The second kappa shape index (κ2) is 6.70. The molecule has 9 heteroatoms. The van der Waals surface area contributed by atoms with Crippen LogP contribution in [-0.4, -0.2) is 30.6 Å². The lowest BCUT2D eigenvalue weighted by Crippen LogP contribution is -2.12. The van der Waals surface area contributed by atoms with Gasteiger partial charge < -0.3 is 4.98 Å². The number of aromatic nitrogens is 5. The lowest BCUT2D eigenvalue weighted by Gasteiger charge is -1.98. The molecule has 0 radical (unpaired) electrons. The van der Waals surface area contributed by atoms with Crippen LogP contribution in [0.2, 0.25) is 0 Å². The summed E-state index contributed by atoms with van der Waals surface area (Å²) in [6.07, 6.45) is 5.54. The van der Waals surface area contributed by atoms with Gasteiger partial charge >= 0.3 is 0 Å². The molecule has 0 aliphatic heterocycles. The van der Waals surface area contributed by atoms with E-state index in [4.69, 9.17) is 0 Å². The first-order valence-electron chi connectivity index (χ1n) is 8.45. The molecule has 0 bridgehead atoms. The van der Waals surface area contributed by atoms with E-state index in [-0.39, 0.29) is 5.91 Å². The van der Waals surface area contributed by atoms with E-state index >= 15 is 0 Å². The van der Waals surface area contributed by atoms with Gasteiger partial charge in [-0.1, -0.05) is 18.2 Å². The molecule has 2 N–H and O–H groups in total. The van der Waals surface area contributed by atoms with Crippen LogP contribution < -0.4 is 5.32 Å². The number of carbonyl (C=O) groups excluding carboxylic acids is 1. The molecule has 1 aromatic carbocycles. The Hall–Kier alpha value is -3.30. The van der Waals surface area contributed by atoms with E-state index in [1.54, 1.807) is 16.3 Å². The third-order valence-electron chi connectivity index (χ3n) is 4.28. The number of hydrogen-bond donors (Lipinski definition) is 2. The SMILES string of the molecule is Cn1cc(-c2nc(C(=O)Nc3nc(-c4c[nH]c5ccccc45)cs3)cs2)cn1. The van der Waals surface area contributed by atoms with E-state index in [0.717, 1.165) is 32.7 Å². The number of amides is 1. The van der Waals surface area contributed by atoms with E-state index in [1.165, 1.54) is 22.7 Å². The number of anilines is 1. The molecule has 138 valence electrons. The third kappa shape index (κ3) is 3.00. The van der Waals surface area contributed by atoms with Gasteiger partial charge in [0.1, 0.15) is 10.7 Å². The summed E-state index contributed by atoms with van der Waals surface area (Å²) in [6.45, 7) is 0. The average molecular weight is 406 g/mol. The topological polar surface area (TPSA) is 88.5 Å². The summed E-state index contributed by atoms with van der Waals surface area (Å²) in [5.74, 6) is -0.272. The van der Waals surface area contributed by atoms with Crippen molar-refractivity contribution in [3.63, 3.8) is 0 Å². The van der Waals surface area contributed by atoms with Gasteiger partial charge in [-0.15, -0.1) is 22.7 Å². The van der Waals surface area contributed by atoms with Crippen molar-refractivity contribution in [1.29, 1.82) is 0 Å². The van der Waals surface area contributed by atoms with Crippen LogP contribution in [0.25, 0.3) is 32.7 Å². The zero-order valence-corrected chi connectivity index (χ0v) is 16.3. The number of nitrogens with zero attached hydrogens (tertiary/aromatic N) is 4. The van der Waals surface area contributed by atoms with Crippen molar-refractivity contribution >= 4 is 44.6 Å². The molecule has 28 heavy (non-hydrogen) atoms. The Morgan fingerprint density at radius 2 is 2.07 bits per heavy atom. The molecule has 0 spiro atoms. The summed E-state index contributed by atoms with van der Waals surface area (Å²) < 4.78 is 1.71. The molecule has 0 aliphatic carbocycles. The maximum Gasteiger partial charge on any atom is 0.276 e. The molecule has 0 atom stereocenters. The molecule has 5 aromatic rings. The largest absolute Gasteiger partial charge is 0.360 e. The van der Waals surface area contributed by atoms with Crippen LogP contribution in [0.15, 0.2) is 53.6 Å². The fourth-order valence-corrected chi connectivity index (χ4v) is 4.42. The van der Waals surface area contributed by atoms with Crippen LogP contribution >= 0.6 is 22.7 Å². The van der Waals surface area contributed by atoms with Crippen molar-refractivity contribution in [1.82, 2.24) is 24.7 Å². The van der Waals surface area contributed by atoms with Gasteiger partial charge in [0.05, 0.1) is 11.9 Å². The standard InChI is InChI=1S/C19H14N6OS2/c1-25-8-11(6-21-25)18-22-16(10-27-18)17(26)24-19-23-15(9-28-19)13-7-20-14-5-3-2-4-12(13)14/h2-10,20H,1H3,(H,23,24,26). The molecular weight excluding hydrogens is 392 g/mol. The number of carbonyl (C=O) groups is 1. The Kier molecular flexibility index (Phi) is 4.03. The van der Waals surface area contributed by atoms with Crippen molar-refractivity contribution in [2.24, 2.45) is 7.05 Å². The van der Waals surface area contributed by atoms with Gasteiger partial charge in [-0.05, 0) is 6.07 Å². The minimum Gasteiger partial charge on any atom is -0.360 e. The van der Waals surface area contributed by atoms with Gasteiger partial charge in [-0.3, -0.25) is 14.8 Å². The summed E-state index contributed by atoms with van der Waals surface area (Å²) in [4.78, 5) is 24.8. The van der Waals surface area contributed by atoms with E-state index in [1.807, 2.05) is 49.1 Å². The van der Waals surface area contributed by atoms with Crippen molar-refractivity contribution in [2.45, 2.75) is 0 Å². The number of hydrogen-bond acceptors (Lipinski definition) is 6. The number of para-hydroxylation sites is 1. The number of aryl methyl sites for hydroxylation is 1. The van der Waals surface area contributed by atoms with Gasteiger partial charge in [-0.2, -0.15) is 5.10 Å². The zero-order valence-electron chi connectivity index (χ0n) is 14.7. The number of fused-ring (bicyclic) bond motifs is 1. The van der Waals surface area contributed by atoms with Gasteiger partial charge in [0.15, 0.2) is 5.13 Å². The minimum absolute atomic E-state index is 0.272. The smallest absolute Gasteiger partial charge is 0.276 e. The van der Waals surface area contributed by atoms with Gasteiger partial charge in [-0.25, -0.2) is 9.97 Å². The molecule has 1 amide bonds. The van der Waals surface area contributed by atoms with Crippen LogP contribution in [-0.2, 0) is 7.05 Å². The van der Waals surface area contributed by atoms with E-state index < -0.39 is 0 Å². The number of aromatic amines is 1. The molecule has 0 fully saturated rings. The normalized spacial score (nSPS) is 11.2. The van der Waals surface area contributed by atoms with Gasteiger partial charge in [0.2, 0.25) is 0 Å². The monoisotopic (exact) mass is 406 g/mol. The van der Waals surface area contributed by atoms with Crippen molar-refractivity contribution in [2.75, 3.05) is 5.32 Å². The third-order valence-corrected chi connectivity index (χ3v) is 5.93. The molecule has 0 saturated carbocycles. The van der Waals surface area contributed by atoms with E-state index in [0.29, 0.717) is 10.8 Å². The fraction of sp³-hybridized carbons (Fsp3) is 0.0526. The number of thiazole rings is 2. The molecule has 5 rings (SSSR count). The lowest BCUT2D eigenvalue weighted by molar-refractivity contribution is 0.102. The summed E-state index contributed by atoms with van der Waals surface area (Å²) in [7, 11) is 1.85. The minimum atomic E-state index is -0.272. The number of nitrogens with one attached hydrogen (secondary N) is 2. The van der Waals surface area contributed by atoms with Crippen LogP contribution in [0, 0.1) is 0 Å². The lowest BCUT2D eigenvalue weighted by atomic mass is 10.1. The van der Waals surface area contributed by atoms with Crippen molar-refractivity contribution in [3.05, 3.63) is 59.3 Å². The Bertz CT molecular complexity index is 1290. The first kappa shape index (κ1) is 16.8. The predicted molar refractivity (Wildman–Crippen MR) is 112 cm³/mol. The Balaban J connectivity index is 1.36. The number of benzene rings is 1. The zero-order chi connectivity index (χ0) is 19.1. The second-order valence-corrected chi connectivity index (χ2v) is 7.90. The highest BCUT2D eigenvalue weighted by atomic mass is 32.1. The van der Waals surface area contributed by atoms with Gasteiger partial charge in [0, 0.05) is 52.2 Å². The maximum atomic E-state index is 12.5. The van der Waals surface area contributed by atoms with Crippen LogP contribution in [0.5, 0.6) is 0 Å². The maximum absolute atomic E-state index is 12.5. The molecule has 0 unspecified atom stereocenters. The predicted octanol–water partition coefficient (Wildman–Crippen LogP) is 4.40. The van der Waals surface area contributed by atoms with Crippen molar-refractivity contribution in [3.8, 4) is 21.8 Å². The summed E-state index contributed by atoms with van der Waals surface area (Å²) in [5.41, 5.74) is 4.16. The Labute approximate surface area is 167 Å². The van der Waals surface area contributed by atoms with E-state index in [2.05, 4.69) is 25.4 Å². The molecular formula is C19H14N6OS2. The average Bonchev–Trinajstić information content (AvgIpc) is 3.47. The second-order valence-electron chi connectivity index (χ2n) is 6.18. The molecule has 0 aliphatic rings. The molecule has 7 nitrogen and oxygen atoms in total. The highest BCUT2D eigenvalue weighted by molar-refractivity contribution is 7.14.